The Morgan fingerprint density at radius 1 is 1.38 bits per heavy atom. The smallest absolute Gasteiger partial charge is 0.0591 e. The summed E-state index contributed by atoms with van der Waals surface area (Å²) < 4.78 is 6.61. The minimum Gasteiger partial charge on any atom is -0.380 e. The number of hydrogen-bond acceptors (Lipinski definition) is 2. The van der Waals surface area contributed by atoms with Crippen molar-refractivity contribution in [2.75, 3.05) is 19.8 Å². The largest absolute Gasteiger partial charge is 0.380 e. The lowest BCUT2D eigenvalue weighted by Crippen LogP contribution is -2.20. The molecule has 2 nitrogen and oxygen atoms in total. The summed E-state index contributed by atoms with van der Waals surface area (Å²) in [6.45, 7) is 7.75. The maximum atomic E-state index is 5.48. The molecule has 0 aromatic heterocycles. The molecule has 0 saturated heterocycles. The zero-order valence-electron chi connectivity index (χ0n) is 10.0. The highest BCUT2D eigenvalue weighted by Gasteiger charge is 1.95. The van der Waals surface area contributed by atoms with Crippen LogP contribution < -0.4 is 5.32 Å². The lowest BCUT2D eigenvalue weighted by Gasteiger charge is -2.08. The van der Waals surface area contributed by atoms with Crippen molar-refractivity contribution in [1.29, 1.82) is 0 Å². The average Bonchev–Trinajstić information content (AvgIpc) is 2.23. The maximum absolute atomic E-state index is 5.48. The van der Waals surface area contributed by atoms with Gasteiger partial charge < -0.3 is 10.1 Å². The predicted octanol–water partition coefficient (Wildman–Crippen LogP) is 3.21. The Kier molecular flexibility index (Phi) is 6.69. The molecule has 0 heterocycles. The molecule has 0 atom stereocenters. The van der Waals surface area contributed by atoms with Crippen LogP contribution in [0.5, 0.6) is 0 Å². The van der Waals surface area contributed by atoms with Crippen molar-refractivity contribution in [1.82, 2.24) is 5.32 Å². The van der Waals surface area contributed by atoms with Gasteiger partial charge in [0.1, 0.15) is 0 Å². The number of nitrogens with one attached hydrogen (secondary N) is 1. The van der Waals surface area contributed by atoms with Crippen LogP contribution in [0.15, 0.2) is 28.7 Å². The lowest BCUT2D eigenvalue weighted by atomic mass is 10.2. The standard InChI is InChI=1S/C13H20BrNO/c1-11(2)10-16-7-6-15-9-12-4-3-5-13(14)8-12/h3-5,8,11,15H,6-7,9-10H2,1-2H3. The van der Waals surface area contributed by atoms with Crippen LogP contribution in [0.2, 0.25) is 0 Å². The second kappa shape index (κ2) is 7.82. The van der Waals surface area contributed by atoms with Gasteiger partial charge in [-0.05, 0) is 23.6 Å². The molecule has 3 heteroatoms. The molecule has 0 aliphatic rings. The van der Waals surface area contributed by atoms with E-state index in [9.17, 15) is 0 Å². The van der Waals surface area contributed by atoms with Crippen LogP contribution in [0, 0.1) is 5.92 Å². The van der Waals surface area contributed by atoms with E-state index in [4.69, 9.17) is 4.74 Å². The van der Waals surface area contributed by atoms with Crippen molar-refractivity contribution < 1.29 is 4.74 Å². The first-order chi connectivity index (χ1) is 7.68. The molecule has 0 unspecified atom stereocenters. The quantitative estimate of drug-likeness (QED) is 0.777. The first-order valence-electron chi connectivity index (χ1n) is 5.71. The third-order valence-corrected chi connectivity index (χ3v) is 2.59. The molecule has 1 N–H and O–H groups in total. The van der Waals surface area contributed by atoms with Gasteiger partial charge in [-0.3, -0.25) is 0 Å². The van der Waals surface area contributed by atoms with Gasteiger partial charge in [0.2, 0.25) is 0 Å². The van der Waals surface area contributed by atoms with Gasteiger partial charge in [-0.25, -0.2) is 0 Å². The molecule has 0 fully saturated rings. The van der Waals surface area contributed by atoms with E-state index >= 15 is 0 Å². The number of rotatable bonds is 7. The normalized spacial score (nSPS) is 11.0. The molecular formula is C13H20BrNO. The molecule has 16 heavy (non-hydrogen) atoms. The Hall–Kier alpha value is -0.380. The van der Waals surface area contributed by atoms with E-state index in [0.29, 0.717) is 5.92 Å². The van der Waals surface area contributed by atoms with E-state index in [-0.39, 0.29) is 0 Å². The molecule has 0 bridgehead atoms. The minimum absolute atomic E-state index is 0.616. The van der Waals surface area contributed by atoms with Crippen molar-refractivity contribution in [3.05, 3.63) is 34.3 Å². The van der Waals surface area contributed by atoms with Crippen LogP contribution in [0.1, 0.15) is 19.4 Å². The van der Waals surface area contributed by atoms with Crippen molar-refractivity contribution in [2.45, 2.75) is 20.4 Å². The third-order valence-electron chi connectivity index (χ3n) is 2.09. The summed E-state index contributed by atoms with van der Waals surface area (Å²) in [5.74, 6) is 0.616. The summed E-state index contributed by atoms with van der Waals surface area (Å²) >= 11 is 3.46. The molecule has 0 aliphatic heterocycles. The minimum atomic E-state index is 0.616. The van der Waals surface area contributed by atoms with E-state index in [0.717, 1.165) is 30.8 Å². The summed E-state index contributed by atoms with van der Waals surface area (Å²) in [7, 11) is 0. The van der Waals surface area contributed by atoms with Gasteiger partial charge in [0, 0.05) is 24.2 Å². The monoisotopic (exact) mass is 285 g/mol. The third kappa shape index (κ3) is 6.26. The Bertz CT molecular complexity index is 302. The number of benzene rings is 1. The summed E-state index contributed by atoms with van der Waals surface area (Å²) in [5.41, 5.74) is 1.29. The Morgan fingerprint density at radius 3 is 2.88 bits per heavy atom. The van der Waals surface area contributed by atoms with E-state index < -0.39 is 0 Å². The molecule has 1 aromatic rings. The number of hydrogen-bond donors (Lipinski definition) is 1. The van der Waals surface area contributed by atoms with Gasteiger partial charge in [0.15, 0.2) is 0 Å². The fourth-order valence-corrected chi connectivity index (χ4v) is 1.79. The van der Waals surface area contributed by atoms with Crippen molar-refractivity contribution in [2.24, 2.45) is 5.92 Å². The second-order valence-corrected chi connectivity index (χ2v) is 5.19. The van der Waals surface area contributed by atoms with Crippen LogP contribution in [0.3, 0.4) is 0 Å². The van der Waals surface area contributed by atoms with Gasteiger partial charge in [0.25, 0.3) is 0 Å². The molecule has 0 amide bonds. The number of halogens is 1. The van der Waals surface area contributed by atoms with E-state index in [2.05, 4.69) is 53.3 Å². The molecular weight excluding hydrogens is 266 g/mol. The van der Waals surface area contributed by atoms with Gasteiger partial charge in [-0.1, -0.05) is 41.9 Å². The topological polar surface area (TPSA) is 21.3 Å². The van der Waals surface area contributed by atoms with E-state index in [1.165, 1.54) is 5.56 Å². The zero-order chi connectivity index (χ0) is 11.8. The molecule has 0 saturated carbocycles. The van der Waals surface area contributed by atoms with E-state index in [1.807, 2.05) is 6.07 Å². The fourth-order valence-electron chi connectivity index (χ4n) is 1.34. The zero-order valence-corrected chi connectivity index (χ0v) is 11.6. The SMILES string of the molecule is CC(C)COCCNCc1cccc(Br)c1. The highest BCUT2D eigenvalue weighted by atomic mass is 79.9. The predicted molar refractivity (Wildman–Crippen MR) is 71.5 cm³/mol. The van der Waals surface area contributed by atoms with Crippen molar-refractivity contribution >= 4 is 15.9 Å². The average molecular weight is 286 g/mol. The first kappa shape index (κ1) is 13.7. The molecule has 0 aliphatic carbocycles. The highest BCUT2D eigenvalue weighted by molar-refractivity contribution is 9.10. The second-order valence-electron chi connectivity index (χ2n) is 4.28. The van der Waals surface area contributed by atoms with Gasteiger partial charge >= 0.3 is 0 Å². The van der Waals surface area contributed by atoms with E-state index in [1.54, 1.807) is 0 Å². The van der Waals surface area contributed by atoms with Gasteiger partial charge in [0.05, 0.1) is 6.61 Å². The maximum Gasteiger partial charge on any atom is 0.0591 e. The fraction of sp³-hybridized carbons (Fsp3) is 0.538. The Balaban J connectivity index is 2.07. The molecule has 1 aromatic carbocycles. The molecule has 90 valence electrons. The van der Waals surface area contributed by atoms with Gasteiger partial charge in [-0.15, -0.1) is 0 Å². The summed E-state index contributed by atoms with van der Waals surface area (Å²) in [4.78, 5) is 0. The van der Waals surface area contributed by atoms with Crippen LogP contribution in [0.25, 0.3) is 0 Å². The highest BCUT2D eigenvalue weighted by Crippen LogP contribution is 2.11. The lowest BCUT2D eigenvalue weighted by molar-refractivity contribution is 0.111. The summed E-state index contributed by atoms with van der Waals surface area (Å²) in [6, 6.07) is 8.33. The Morgan fingerprint density at radius 2 is 2.19 bits per heavy atom. The van der Waals surface area contributed by atoms with Crippen molar-refractivity contribution in [3.63, 3.8) is 0 Å². The van der Waals surface area contributed by atoms with Crippen LogP contribution in [-0.2, 0) is 11.3 Å². The first-order valence-corrected chi connectivity index (χ1v) is 6.50. The van der Waals surface area contributed by atoms with Crippen LogP contribution in [0.4, 0.5) is 0 Å². The number of ether oxygens (including phenoxy) is 1. The summed E-state index contributed by atoms with van der Waals surface area (Å²) in [6.07, 6.45) is 0. The molecule has 1 rings (SSSR count). The Labute approximate surface area is 107 Å². The molecule has 0 radical (unpaired) electrons. The van der Waals surface area contributed by atoms with Gasteiger partial charge in [-0.2, -0.15) is 0 Å². The summed E-state index contributed by atoms with van der Waals surface area (Å²) in [5, 5.41) is 3.36. The van der Waals surface area contributed by atoms with Crippen molar-refractivity contribution in [3.8, 4) is 0 Å². The van der Waals surface area contributed by atoms with Crippen LogP contribution in [-0.4, -0.2) is 19.8 Å². The molecule has 0 spiro atoms. The van der Waals surface area contributed by atoms with Crippen LogP contribution >= 0.6 is 15.9 Å².